The van der Waals surface area contributed by atoms with Crippen molar-refractivity contribution in [2.45, 2.75) is 25.7 Å². The average molecular weight is 378 g/mol. The quantitative estimate of drug-likeness (QED) is 0.413. The van der Waals surface area contributed by atoms with E-state index in [1.807, 2.05) is 64.2 Å². The second kappa shape index (κ2) is 20.9. The van der Waals surface area contributed by atoms with Crippen molar-refractivity contribution in [2.75, 3.05) is 20.0 Å². The number of hydrogen-bond donors (Lipinski definition) is 0. The number of rotatable bonds is 0. The Morgan fingerprint density at radius 2 is 0.762 bits per heavy atom. The molecule has 2 heteroatoms. The molecule has 0 N–H and O–H groups in total. The zero-order valence-electron chi connectivity index (χ0n) is 13.5. The third kappa shape index (κ3) is 26.1. The fourth-order valence-corrected chi connectivity index (χ4v) is 1.25. The van der Waals surface area contributed by atoms with Crippen LogP contribution in [0, 0.1) is 76.0 Å². The van der Waals surface area contributed by atoms with Crippen molar-refractivity contribution in [3.05, 3.63) is 64.2 Å². The van der Waals surface area contributed by atoms with Crippen LogP contribution in [0.25, 0.3) is 0 Å². The maximum absolute atomic E-state index is 3.03. The molecule has 0 unspecified atom stereocenters. The van der Waals surface area contributed by atoms with E-state index in [9.17, 15) is 0 Å². The summed E-state index contributed by atoms with van der Waals surface area (Å²) < 4.78 is 0. The molecule has 3 aliphatic rings. The van der Waals surface area contributed by atoms with E-state index in [-0.39, 0.29) is 26.2 Å². The average Bonchev–Trinajstić information content (AvgIpc) is 3.19. The van der Waals surface area contributed by atoms with Gasteiger partial charge in [0.1, 0.15) is 0 Å². The smallest absolute Gasteiger partial charge is 0.00890 e. The fraction of sp³-hybridized carbons (Fsp3) is 0.368. The first-order valence-corrected chi connectivity index (χ1v) is 9.82. The molecule has 0 spiro atoms. The van der Waals surface area contributed by atoms with Gasteiger partial charge in [0, 0.05) is 39.0 Å². The van der Waals surface area contributed by atoms with Crippen LogP contribution < -0.4 is 0 Å². The van der Waals surface area contributed by atoms with Crippen molar-refractivity contribution in [3.8, 4) is 11.8 Å². The molecule has 0 saturated heterocycles. The van der Waals surface area contributed by atoms with E-state index in [1.54, 1.807) is 0 Å². The summed E-state index contributed by atoms with van der Waals surface area (Å²) in [6.07, 6.45) is 24.9. The number of hydrogen-bond acceptors (Lipinski definition) is 0. The van der Waals surface area contributed by atoms with Crippen molar-refractivity contribution in [3.63, 3.8) is 0 Å². The molecule has 0 amide bonds. The third-order valence-electron chi connectivity index (χ3n) is 2.09. The molecule has 0 bridgehead atoms. The molecule has 0 aromatic heterocycles. The van der Waals surface area contributed by atoms with Gasteiger partial charge in [-0.2, -0.15) is 0 Å². The Morgan fingerprint density at radius 3 is 0.857 bits per heavy atom. The molecule has 0 nitrogen and oxygen atoms in total. The predicted molar refractivity (Wildman–Crippen MR) is 93.9 cm³/mol. The van der Waals surface area contributed by atoms with E-state index in [4.69, 9.17) is 0 Å². The predicted octanol–water partition coefficient (Wildman–Crippen LogP) is 4.96. The molecule has 0 heterocycles. The van der Waals surface area contributed by atoms with Crippen LogP contribution in [0.15, 0.2) is 0 Å². The van der Waals surface area contributed by atoms with Crippen molar-refractivity contribution >= 4 is 7.92 Å². The first-order valence-electron chi connectivity index (χ1n) is 7.13. The van der Waals surface area contributed by atoms with E-state index in [1.165, 1.54) is 12.8 Å². The first kappa shape index (κ1) is 24.1. The summed E-state index contributed by atoms with van der Waals surface area (Å²) in [7, 11) is 0.380. The minimum atomic E-state index is 0. The summed E-state index contributed by atoms with van der Waals surface area (Å²) in [5.74, 6) is 6.07. The van der Waals surface area contributed by atoms with Gasteiger partial charge in [-0.1, -0.05) is 0 Å². The van der Waals surface area contributed by atoms with Crippen molar-refractivity contribution in [1.29, 1.82) is 0 Å². The zero-order valence-corrected chi connectivity index (χ0v) is 16.9. The van der Waals surface area contributed by atoms with Crippen molar-refractivity contribution < 1.29 is 26.2 Å². The van der Waals surface area contributed by atoms with Gasteiger partial charge in [0.05, 0.1) is 0 Å². The van der Waals surface area contributed by atoms with Gasteiger partial charge in [-0.25, -0.2) is 0 Å². The standard InChI is InChI=1S/C6H8.2C5H5.C3H9P.Zr/c1-2-4-6-5-3-1;2*1-2-4-5-3-1;1-4(2)3;/h1-4H2;2*1-5H;1-3H3;. The van der Waals surface area contributed by atoms with E-state index in [0.29, 0.717) is 7.92 Å². The van der Waals surface area contributed by atoms with Crippen molar-refractivity contribution in [2.24, 2.45) is 0 Å². The van der Waals surface area contributed by atoms with Gasteiger partial charge in [0.25, 0.3) is 0 Å². The SMILES string of the molecule is C1#CCCCC1.CP(C)C.[CH]1[CH][CH][CH][CH]1.[CH]1[CH][CH][CH][CH]1.[Zr]. The Bertz CT molecular complexity index is 194. The van der Waals surface area contributed by atoms with Crippen molar-refractivity contribution in [1.82, 2.24) is 0 Å². The maximum atomic E-state index is 3.03. The summed E-state index contributed by atoms with van der Waals surface area (Å²) in [6.45, 7) is 6.69. The maximum Gasteiger partial charge on any atom is 0.00890 e. The second-order valence-corrected chi connectivity index (χ2v) is 7.51. The van der Waals surface area contributed by atoms with Gasteiger partial charge < -0.3 is 0 Å². The van der Waals surface area contributed by atoms with Crippen LogP contribution in [0.2, 0.25) is 0 Å². The Hall–Kier alpha value is 0.873. The van der Waals surface area contributed by atoms with Gasteiger partial charge in [0.2, 0.25) is 0 Å². The molecule has 2 fully saturated rings. The van der Waals surface area contributed by atoms with Gasteiger partial charge in [-0.3, -0.25) is 0 Å². The Labute approximate surface area is 155 Å². The Morgan fingerprint density at radius 1 is 0.571 bits per heavy atom. The monoisotopic (exact) mass is 376 g/mol. The van der Waals surface area contributed by atoms with Crippen LogP contribution >= 0.6 is 7.92 Å². The van der Waals surface area contributed by atoms with Crippen LogP contribution in [0.5, 0.6) is 0 Å². The molecular weight excluding hydrogens is 350 g/mol. The van der Waals surface area contributed by atoms with Crippen LogP contribution in [0.1, 0.15) is 25.7 Å². The normalized spacial score (nSPS) is 18.5. The zero-order chi connectivity index (χ0) is 14.9. The van der Waals surface area contributed by atoms with Crippen LogP contribution in [-0.2, 0) is 26.2 Å². The van der Waals surface area contributed by atoms with E-state index >= 15 is 0 Å². The largest absolute Gasteiger partial charge is 0.116 e. The third-order valence-corrected chi connectivity index (χ3v) is 2.09. The molecule has 2 saturated carbocycles. The molecule has 3 aliphatic carbocycles. The molecule has 0 atom stereocenters. The van der Waals surface area contributed by atoms with Crippen LogP contribution in [0.4, 0.5) is 0 Å². The molecule has 3 rings (SSSR count). The fourth-order valence-electron chi connectivity index (χ4n) is 1.25. The molecule has 0 aromatic carbocycles. The van der Waals surface area contributed by atoms with Gasteiger partial charge in [-0.05, 0) is 97.0 Å². The Balaban J connectivity index is 0. The molecule has 0 aliphatic heterocycles. The summed E-state index contributed by atoms with van der Waals surface area (Å²) >= 11 is 0. The summed E-state index contributed by atoms with van der Waals surface area (Å²) in [6, 6.07) is 0. The molecule has 112 valence electrons. The first-order chi connectivity index (χ1) is 9.73. The summed E-state index contributed by atoms with van der Waals surface area (Å²) in [4.78, 5) is 0. The molecule has 10 radical (unpaired) electrons. The van der Waals surface area contributed by atoms with Gasteiger partial charge >= 0.3 is 0 Å². The molecule has 21 heavy (non-hydrogen) atoms. The summed E-state index contributed by atoms with van der Waals surface area (Å²) in [5.41, 5.74) is 0. The summed E-state index contributed by atoms with van der Waals surface area (Å²) in [5, 5.41) is 0. The van der Waals surface area contributed by atoms with E-state index in [2.05, 4.69) is 31.8 Å². The van der Waals surface area contributed by atoms with Crippen LogP contribution in [-0.4, -0.2) is 20.0 Å². The second-order valence-electron chi connectivity index (χ2n) is 4.83. The Kier molecular flexibility index (Phi) is 24.0. The molecular formula is C19H27PZr. The minimum Gasteiger partial charge on any atom is -0.116 e. The van der Waals surface area contributed by atoms with Crippen LogP contribution in [0.3, 0.4) is 0 Å². The van der Waals surface area contributed by atoms with E-state index in [0.717, 1.165) is 12.8 Å². The van der Waals surface area contributed by atoms with E-state index < -0.39 is 0 Å². The van der Waals surface area contributed by atoms with Gasteiger partial charge in [0.15, 0.2) is 0 Å². The molecule has 0 aromatic rings. The van der Waals surface area contributed by atoms with Gasteiger partial charge in [-0.15, -0.1) is 19.8 Å². The topological polar surface area (TPSA) is 0 Å². The minimum absolute atomic E-state index is 0.